The molecule has 1 aliphatic carbocycles. The van der Waals surface area contributed by atoms with Crippen molar-refractivity contribution in [3.8, 4) is 0 Å². The van der Waals surface area contributed by atoms with Gasteiger partial charge < -0.3 is 10.0 Å². The highest BCUT2D eigenvalue weighted by Crippen LogP contribution is 2.41. The summed E-state index contributed by atoms with van der Waals surface area (Å²) in [5, 5.41) is 13.2. The molecule has 110 valence electrons. The molecular formula is C15H28N2O2. The zero-order chi connectivity index (χ0) is 14.0. The highest BCUT2D eigenvalue weighted by Gasteiger charge is 2.52. The summed E-state index contributed by atoms with van der Waals surface area (Å²) < 4.78 is 0. The van der Waals surface area contributed by atoms with Crippen molar-refractivity contribution in [1.82, 2.24) is 10.2 Å². The van der Waals surface area contributed by atoms with Gasteiger partial charge in [0.1, 0.15) is 5.54 Å². The van der Waals surface area contributed by atoms with E-state index in [2.05, 4.69) is 17.1 Å². The van der Waals surface area contributed by atoms with Gasteiger partial charge in [-0.2, -0.15) is 0 Å². The van der Waals surface area contributed by atoms with E-state index in [1.54, 1.807) is 0 Å². The van der Waals surface area contributed by atoms with Crippen LogP contribution >= 0.6 is 0 Å². The SMILES string of the molecule is CCC1CCN(CC(NC(C)C)(C(=O)O)C2CC2)C1. The molecule has 0 amide bonds. The van der Waals surface area contributed by atoms with Gasteiger partial charge in [0.05, 0.1) is 0 Å². The fourth-order valence-corrected chi connectivity index (χ4v) is 3.43. The van der Waals surface area contributed by atoms with Crippen molar-refractivity contribution in [3.05, 3.63) is 0 Å². The second kappa shape index (κ2) is 5.80. The first-order chi connectivity index (χ1) is 8.98. The third-order valence-corrected chi connectivity index (χ3v) is 4.62. The van der Waals surface area contributed by atoms with Gasteiger partial charge in [-0.05, 0) is 51.5 Å². The third-order valence-electron chi connectivity index (χ3n) is 4.62. The minimum atomic E-state index is -0.725. The van der Waals surface area contributed by atoms with Crippen LogP contribution in [0.3, 0.4) is 0 Å². The highest BCUT2D eigenvalue weighted by atomic mass is 16.4. The number of likely N-dealkylation sites (tertiary alicyclic amines) is 1. The van der Waals surface area contributed by atoms with Crippen molar-refractivity contribution >= 4 is 5.97 Å². The Labute approximate surface area is 116 Å². The molecule has 1 saturated carbocycles. The summed E-state index contributed by atoms with van der Waals surface area (Å²) in [6.07, 6.45) is 4.53. The van der Waals surface area contributed by atoms with Gasteiger partial charge in [0.25, 0.3) is 0 Å². The summed E-state index contributed by atoms with van der Waals surface area (Å²) in [5.41, 5.74) is -0.725. The van der Waals surface area contributed by atoms with Crippen LogP contribution in [0.25, 0.3) is 0 Å². The molecule has 0 spiro atoms. The molecule has 0 aromatic carbocycles. The summed E-state index contributed by atoms with van der Waals surface area (Å²) in [6.45, 7) is 9.10. The molecule has 2 aliphatic rings. The van der Waals surface area contributed by atoms with E-state index < -0.39 is 11.5 Å². The molecule has 2 rings (SSSR count). The third kappa shape index (κ3) is 3.29. The van der Waals surface area contributed by atoms with Crippen LogP contribution in [0.5, 0.6) is 0 Å². The molecule has 2 N–H and O–H groups in total. The Morgan fingerprint density at radius 2 is 2.11 bits per heavy atom. The van der Waals surface area contributed by atoms with Crippen molar-refractivity contribution in [2.24, 2.45) is 11.8 Å². The average Bonchev–Trinajstić information content (AvgIpc) is 3.09. The molecule has 19 heavy (non-hydrogen) atoms. The van der Waals surface area contributed by atoms with Gasteiger partial charge in [0.2, 0.25) is 0 Å². The number of carboxylic acid groups (broad SMARTS) is 1. The molecule has 0 aromatic heterocycles. The molecule has 4 heteroatoms. The Balaban J connectivity index is 2.07. The van der Waals surface area contributed by atoms with Crippen LogP contribution < -0.4 is 5.32 Å². The lowest BCUT2D eigenvalue weighted by molar-refractivity contribution is -0.147. The predicted octanol–water partition coefficient (Wildman–Crippen LogP) is 1.95. The Morgan fingerprint density at radius 3 is 2.53 bits per heavy atom. The van der Waals surface area contributed by atoms with Gasteiger partial charge in [0.15, 0.2) is 0 Å². The van der Waals surface area contributed by atoms with Crippen LogP contribution in [-0.4, -0.2) is 47.2 Å². The summed E-state index contributed by atoms with van der Waals surface area (Å²) in [7, 11) is 0. The molecule has 0 bridgehead atoms. The molecule has 2 fully saturated rings. The smallest absolute Gasteiger partial charge is 0.325 e. The molecule has 0 aromatic rings. The van der Waals surface area contributed by atoms with Crippen molar-refractivity contribution in [3.63, 3.8) is 0 Å². The second-order valence-electron chi connectivity index (χ2n) is 6.65. The van der Waals surface area contributed by atoms with E-state index in [0.29, 0.717) is 12.5 Å². The van der Waals surface area contributed by atoms with Gasteiger partial charge in [0, 0.05) is 19.1 Å². The molecule has 1 aliphatic heterocycles. The van der Waals surface area contributed by atoms with Crippen LogP contribution in [0.2, 0.25) is 0 Å². The highest BCUT2D eigenvalue weighted by molar-refractivity contribution is 5.80. The van der Waals surface area contributed by atoms with E-state index in [0.717, 1.165) is 31.8 Å². The number of carbonyl (C=O) groups is 1. The standard InChI is InChI=1S/C15H28N2O2/c1-4-12-7-8-17(9-12)10-15(14(18)19,13-5-6-13)16-11(2)3/h11-13,16H,4-10H2,1-3H3,(H,18,19). The normalized spacial score (nSPS) is 27.7. The lowest BCUT2D eigenvalue weighted by Gasteiger charge is -2.36. The number of nitrogens with one attached hydrogen (secondary N) is 1. The van der Waals surface area contributed by atoms with Crippen molar-refractivity contribution in [1.29, 1.82) is 0 Å². The van der Waals surface area contributed by atoms with Gasteiger partial charge in [-0.25, -0.2) is 0 Å². The topological polar surface area (TPSA) is 52.6 Å². The van der Waals surface area contributed by atoms with E-state index in [1.165, 1.54) is 12.8 Å². The lowest BCUT2D eigenvalue weighted by atomic mass is 9.91. The molecule has 4 nitrogen and oxygen atoms in total. The summed E-state index contributed by atoms with van der Waals surface area (Å²) in [4.78, 5) is 14.2. The Kier molecular flexibility index (Phi) is 4.51. The molecule has 2 unspecified atom stereocenters. The minimum Gasteiger partial charge on any atom is -0.480 e. The van der Waals surface area contributed by atoms with Crippen LogP contribution in [0.4, 0.5) is 0 Å². The van der Waals surface area contributed by atoms with Gasteiger partial charge >= 0.3 is 5.97 Å². The van der Waals surface area contributed by atoms with Gasteiger partial charge in [-0.1, -0.05) is 13.3 Å². The van der Waals surface area contributed by atoms with Crippen LogP contribution in [0, 0.1) is 11.8 Å². The molecule has 1 heterocycles. The molecule has 0 radical (unpaired) electrons. The fourth-order valence-electron chi connectivity index (χ4n) is 3.43. The number of hydrogen-bond donors (Lipinski definition) is 2. The van der Waals surface area contributed by atoms with E-state index in [4.69, 9.17) is 0 Å². The van der Waals surface area contributed by atoms with Crippen LogP contribution in [0.1, 0.15) is 46.5 Å². The van der Waals surface area contributed by atoms with Gasteiger partial charge in [-0.3, -0.25) is 10.1 Å². The van der Waals surface area contributed by atoms with E-state index in [1.807, 2.05) is 13.8 Å². The quantitative estimate of drug-likeness (QED) is 0.741. The van der Waals surface area contributed by atoms with Gasteiger partial charge in [-0.15, -0.1) is 0 Å². The predicted molar refractivity (Wildman–Crippen MR) is 76.2 cm³/mol. The number of rotatable bonds is 7. The number of hydrogen-bond acceptors (Lipinski definition) is 3. The van der Waals surface area contributed by atoms with Crippen molar-refractivity contribution < 1.29 is 9.90 Å². The first-order valence-electron chi connectivity index (χ1n) is 7.71. The second-order valence-corrected chi connectivity index (χ2v) is 6.65. The molecule has 2 atom stereocenters. The minimum absolute atomic E-state index is 0.210. The summed E-state index contributed by atoms with van der Waals surface area (Å²) in [6, 6.07) is 0.210. The van der Waals surface area contributed by atoms with E-state index in [-0.39, 0.29) is 6.04 Å². The maximum Gasteiger partial charge on any atom is 0.325 e. The van der Waals surface area contributed by atoms with Crippen molar-refractivity contribution in [2.45, 2.75) is 58.0 Å². The monoisotopic (exact) mass is 268 g/mol. The Hall–Kier alpha value is -0.610. The molecular weight excluding hydrogens is 240 g/mol. The first-order valence-corrected chi connectivity index (χ1v) is 7.71. The number of carboxylic acids is 1. The average molecular weight is 268 g/mol. The zero-order valence-corrected chi connectivity index (χ0v) is 12.5. The maximum atomic E-state index is 11.9. The summed E-state index contributed by atoms with van der Waals surface area (Å²) in [5.74, 6) is 0.404. The Bertz CT molecular complexity index is 328. The Morgan fingerprint density at radius 1 is 1.42 bits per heavy atom. The van der Waals surface area contributed by atoms with E-state index in [9.17, 15) is 9.90 Å². The fraction of sp³-hybridized carbons (Fsp3) is 0.933. The lowest BCUT2D eigenvalue weighted by Crippen LogP contribution is -2.62. The van der Waals surface area contributed by atoms with E-state index >= 15 is 0 Å². The summed E-state index contributed by atoms with van der Waals surface area (Å²) >= 11 is 0. The van der Waals surface area contributed by atoms with Crippen molar-refractivity contribution in [2.75, 3.05) is 19.6 Å². The maximum absolute atomic E-state index is 11.9. The number of nitrogens with zero attached hydrogens (tertiary/aromatic N) is 1. The largest absolute Gasteiger partial charge is 0.480 e. The zero-order valence-electron chi connectivity index (χ0n) is 12.5. The van der Waals surface area contributed by atoms with Crippen LogP contribution in [0.15, 0.2) is 0 Å². The molecule has 1 saturated heterocycles. The van der Waals surface area contributed by atoms with Crippen LogP contribution in [-0.2, 0) is 4.79 Å². The first kappa shape index (κ1) is 14.8. The number of aliphatic carboxylic acids is 1.